The molecule has 0 aromatic rings. The van der Waals surface area contributed by atoms with Crippen molar-refractivity contribution < 1.29 is 14.3 Å². The number of methoxy groups -OCH3 is 1. The standard InChI is InChI=1S/C19H31NO3/c1-3-8-17(21)20-19-15-12-11-14(13-15)16(19)9-6-4-5-7-10-18(22)23-2/h4,6,14-16,19H,3,5,7-13H2,1-2H3,(H,20,21)/b6-4-/t14-,15+,16-,19?/m0/s1. The second kappa shape index (κ2) is 9.09. The molecule has 4 nitrogen and oxygen atoms in total. The highest BCUT2D eigenvalue weighted by Gasteiger charge is 2.47. The Balaban J connectivity index is 1.75. The minimum Gasteiger partial charge on any atom is -0.469 e. The van der Waals surface area contributed by atoms with Crippen molar-refractivity contribution >= 4 is 11.9 Å². The van der Waals surface area contributed by atoms with Gasteiger partial charge in [-0.2, -0.15) is 0 Å². The lowest BCUT2D eigenvalue weighted by molar-refractivity contribution is -0.140. The van der Waals surface area contributed by atoms with Gasteiger partial charge in [-0.1, -0.05) is 19.1 Å². The maximum absolute atomic E-state index is 12.0. The molecule has 0 saturated heterocycles. The van der Waals surface area contributed by atoms with Crippen LogP contribution in [0.3, 0.4) is 0 Å². The molecule has 2 saturated carbocycles. The summed E-state index contributed by atoms with van der Waals surface area (Å²) in [6.07, 6.45) is 13.2. The molecule has 2 rings (SSSR count). The molecule has 1 unspecified atom stereocenters. The molecule has 2 bridgehead atoms. The molecule has 1 N–H and O–H groups in total. The number of carbonyl (C=O) groups is 2. The van der Waals surface area contributed by atoms with Crippen LogP contribution in [0.25, 0.3) is 0 Å². The van der Waals surface area contributed by atoms with E-state index in [0.717, 1.165) is 31.6 Å². The van der Waals surface area contributed by atoms with E-state index < -0.39 is 0 Å². The second-order valence-electron chi connectivity index (χ2n) is 7.02. The van der Waals surface area contributed by atoms with Crippen LogP contribution in [0.1, 0.15) is 64.7 Å². The summed E-state index contributed by atoms with van der Waals surface area (Å²) in [5, 5.41) is 3.30. The van der Waals surface area contributed by atoms with Crippen LogP contribution < -0.4 is 5.32 Å². The van der Waals surface area contributed by atoms with Crippen molar-refractivity contribution in [1.82, 2.24) is 5.32 Å². The van der Waals surface area contributed by atoms with Gasteiger partial charge in [-0.25, -0.2) is 0 Å². The molecule has 0 aromatic heterocycles. The number of carbonyl (C=O) groups excluding carboxylic acids is 2. The highest BCUT2D eigenvalue weighted by atomic mass is 16.5. The molecule has 0 radical (unpaired) electrons. The van der Waals surface area contributed by atoms with E-state index in [4.69, 9.17) is 0 Å². The van der Waals surface area contributed by atoms with Crippen molar-refractivity contribution in [1.29, 1.82) is 0 Å². The summed E-state index contributed by atoms with van der Waals surface area (Å²) in [5.74, 6) is 2.17. The Kier molecular flexibility index (Phi) is 7.13. The number of amides is 1. The van der Waals surface area contributed by atoms with Crippen LogP contribution in [0.5, 0.6) is 0 Å². The predicted molar refractivity (Wildman–Crippen MR) is 90.8 cm³/mol. The Morgan fingerprint density at radius 3 is 2.70 bits per heavy atom. The van der Waals surface area contributed by atoms with Gasteiger partial charge in [-0.05, 0) is 62.7 Å². The van der Waals surface area contributed by atoms with E-state index in [1.165, 1.54) is 26.4 Å². The molecule has 2 fully saturated rings. The van der Waals surface area contributed by atoms with Crippen molar-refractivity contribution in [3.05, 3.63) is 12.2 Å². The summed E-state index contributed by atoms with van der Waals surface area (Å²) < 4.78 is 4.64. The van der Waals surface area contributed by atoms with E-state index in [9.17, 15) is 9.59 Å². The smallest absolute Gasteiger partial charge is 0.305 e. The predicted octanol–water partition coefficient (Wildman–Crippen LogP) is 3.61. The quantitative estimate of drug-likeness (QED) is 0.401. The van der Waals surface area contributed by atoms with Gasteiger partial charge >= 0.3 is 5.97 Å². The molecule has 23 heavy (non-hydrogen) atoms. The first-order chi connectivity index (χ1) is 11.2. The van der Waals surface area contributed by atoms with E-state index in [-0.39, 0.29) is 11.9 Å². The Morgan fingerprint density at radius 1 is 1.17 bits per heavy atom. The van der Waals surface area contributed by atoms with Crippen LogP contribution in [0.4, 0.5) is 0 Å². The Labute approximate surface area is 140 Å². The summed E-state index contributed by atoms with van der Waals surface area (Å²) in [5.41, 5.74) is 0. The zero-order chi connectivity index (χ0) is 16.7. The van der Waals surface area contributed by atoms with Crippen LogP contribution in [0.2, 0.25) is 0 Å². The molecule has 0 heterocycles. The first-order valence-corrected chi connectivity index (χ1v) is 9.16. The monoisotopic (exact) mass is 321 g/mol. The topological polar surface area (TPSA) is 55.4 Å². The van der Waals surface area contributed by atoms with Gasteiger partial charge in [0.1, 0.15) is 0 Å². The fraction of sp³-hybridized carbons (Fsp3) is 0.789. The highest BCUT2D eigenvalue weighted by molar-refractivity contribution is 5.76. The zero-order valence-corrected chi connectivity index (χ0v) is 14.6. The van der Waals surface area contributed by atoms with E-state index in [0.29, 0.717) is 30.7 Å². The SMILES string of the molecule is CCCC(=O)NC1[C@@H]2CC[C@@H](C2)[C@@H]1C/C=C\CCCC(=O)OC. The Morgan fingerprint density at radius 2 is 1.96 bits per heavy atom. The highest BCUT2D eigenvalue weighted by Crippen LogP contribution is 2.49. The average molecular weight is 321 g/mol. The van der Waals surface area contributed by atoms with Crippen molar-refractivity contribution in [2.24, 2.45) is 17.8 Å². The van der Waals surface area contributed by atoms with Crippen LogP contribution in [0.15, 0.2) is 12.2 Å². The third-order valence-electron chi connectivity index (χ3n) is 5.45. The number of unbranched alkanes of at least 4 members (excludes halogenated alkanes) is 1. The summed E-state index contributed by atoms with van der Waals surface area (Å²) in [6, 6.07) is 0.382. The Bertz CT molecular complexity index is 432. The molecule has 2 aliphatic rings. The van der Waals surface area contributed by atoms with Gasteiger partial charge in [0.25, 0.3) is 0 Å². The molecule has 1 amide bonds. The van der Waals surface area contributed by atoms with Crippen molar-refractivity contribution in [2.75, 3.05) is 7.11 Å². The summed E-state index contributed by atoms with van der Waals surface area (Å²) >= 11 is 0. The van der Waals surface area contributed by atoms with Gasteiger partial charge in [-0.3, -0.25) is 9.59 Å². The molecule has 0 aliphatic heterocycles. The molecule has 0 spiro atoms. The van der Waals surface area contributed by atoms with E-state index >= 15 is 0 Å². The zero-order valence-electron chi connectivity index (χ0n) is 14.6. The summed E-state index contributed by atoms with van der Waals surface area (Å²) in [4.78, 5) is 23.0. The average Bonchev–Trinajstić information content (AvgIpc) is 3.13. The lowest BCUT2D eigenvalue weighted by atomic mass is 9.82. The number of nitrogens with one attached hydrogen (secondary N) is 1. The third-order valence-corrected chi connectivity index (χ3v) is 5.45. The fourth-order valence-corrected chi connectivity index (χ4v) is 4.30. The number of allylic oxidation sites excluding steroid dienone is 2. The minimum atomic E-state index is -0.134. The Hall–Kier alpha value is -1.32. The summed E-state index contributed by atoms with van der Waals surface area (Å²) in [6.45, 7) is 2.05. The maximum Gasteiger partial charge on any atom is 0.305 e. The molecular weight excluding hydrogens is 290 g/mol. The van der Waals surface area contributed by atoms with E-state index in [1.54, 1.807) is 0 Å². The normalized spacial score (nSPS) is 29.1. The molecule has 4 atom stereocenters. The van der Waals surface area contributed by atoms with Crippen molar-refractivity contribution in [3.8, 4) is 0 Å². The first-order valence-electron chi connectivity index (χ1n) is 9.16. The first kappa shape index (κ1) is 18.0. The van der Waals surface area contributed by atoms with Crippen LogP contribution in [-0.2, 0) is 14.3 Å². The van der Waals surface area contributed by atoms with Crippen molar-refractivity contribution in [2.45, 2.75) is 70.8 Å². The van der Waals surface area contributed by atoms with Gasteiger partial charge in [0, 0.05) is 18.9 Å². The number of esters is 1. The molecule has 130 valence electrons. The molecule has 2 aliphatic carbocycles. The largest absolute Gasteiger partial charge is 0.469 e. The van der Waals surface area contributed by atoms with Crippen molar-refractivity contribution in [3.63, 3.8) is 0 Å². The summed E-state index contributed by atoms with van der Waals surface area (Å²) in [7, 11) is 1.43. The molecular formula is C19H31NO3. The number of ether oxygens (including phenoxy) is 1. The number of hydrogen-bond acceptors (Lipinski definition) is 3. The van der Waals surface area contributed by atoms with Gasteiger partial charge in [0.05, 0.1) is 7.11 Å². The number of hydrogen-bond donors (Lipinski definition) is 1. The van der Waals surface area contributed by atoms with Gasteiger partial charge in [0.2, 0.25) is 5.91 Å². The maximum atomic E-state index is 12.0. The van der Waals surface area contributed by atoms with E-state index in [2.05, 4.69) is 29.1 Å². The number of rotatable bonds is 9. The lowest BCUT2D eigenvalue weighted by Gasteiger charge is -2.31. The fourth-order valence-electron chi connectivity index (χ4n) is 4.30. The van der Waals surface area contributed by atoms with Gasteiger partial charge in [-0.15, -0.1) is 0 Å². The second-order valence-corrected chi connectivity index (χ2v) is 7.02. The molecule has 0 aromatic carbocycles. The minimum absolute atomic E-state index is 0.134. The van der Waals surface area contributed by atoms with Crippen LogP contribution >= 0.6 is 0 Å². The van der Waals surface area contributed by atoms with Gasteiger partial charge < -0.3 is 10.1 Å². The lowest BCUT2D eigenvalue weighted by Crippen LogP contribution is -2.43. The van der Waals surface area contributed by atoms with Gasteiger partial charge in [0.15, 0.2) is 0 Å². The van der Waals surface area contributed by atoms with Crippen LogP contribution in [0, 0.1) is 17.8 Å². The van der Waals surface area contributed by atoms with E-state index in [1.807, 2.05) is 0 Å². The third kappa shape index (κ3) is 5.08. The van der Waals surface area contributed by atoms with Crippen LogP contribution in [-0.4, -0.2) is 25.0 Å². The number of fused-ring (bicyclic) bond motifs is 2. The molecule has 4 heteroatoms.